The van der Waals surface area contributed by atoms with Crippen molar-refractivity contribution in [3.8, 4) is 5.75 Å². The van der Waals surface area contributed by atoms with Gasteiger partial charge in [-0.2, -0.15) is 0 Å². The molecule has 2 saturated heterocycles. The summed E-state index contributed by atoms with van der Waals surface area (Å²) < 4.78 is 9.73. The van der Waals surface area contributed by atoms with Crippen molar-refractivity contribution in [2.75, 3.05) is 32.8 Å². The zero-order valence-corrected chi connectivity index (χ0v) is 21.1. The Hall–Kier alpha value is -3.88. The van der Waals surface area contributed by atoms with Crippen LogP contribution in [0.25, 0.3) is 0 Å². The molecule has 1 unspecified atom stereocenters. The van der Waals surface area contributed by atoms with E-state index in [-0.39, 0.29) is 42.6 Å². The van der Waals surface area contributed by atoms with Crippen LogP contribution in [0.15, 0.2) is 54.6 Å². The molecular weight excluding hydrogens is 474 g/mol. The van der Waals surface area contributed by atoms with Crippen molar-refractivity contribution in [2.24, 2.45) is 11.8 Å². The van der Waals surface area contributed by atoms with Crippen LogP contribution in [0.2, 0.25) is 0 Å². The van der Waals surface area contributed by atoms with E-state index in [4.69, 9.17) is 9.47 Å². The van der Waals surface area contributed by atoms with Crippen molar-refractivity contribution in [1.82, 2.24) is 15.1 Å². The number of rotatable bonds is 8. The van der Waals surface area contributed by atoms with Gasteiger partial charge < -0.3 is 24.6 Å². The van der Waals surface area contributed by atoms with Crippen LogP contribution in [-0.4, -0.2) is 66.5 Å². The third-order valence-corrected chi connectivity index (χ3v) is 6.84. The molecule has 0 aromatic heterocycles. The maximum absolute atomic E-state index is 13.1. The molecule has 0 aliphatic carbocycles. The monoisotopic (exact) mass is 507 g/mol. The third-order valence-electron chi connectivity index (χ3n) is 6.84. The van der Waals surface area contributed by atoms with Gasteiger partial charge in [0, 0.05) is 44.7 Å². The summed E-state index contributed by atoms with van der Waals surface area (Å²) >= 11 is 0. The van der Waals surface area contributed by atoms with Crippen molar-refractivity contribution >= 4 is 23.9 Å². The summed E-state index contributed by atoms with van der Waals surface area (Å²) in [4.78, 5) is 53.1. The van der Waals surface area contributed by atoms with Crippen LogP contribution in [-0.2, 0) is 20.9 Å². The fourth-order valence-electron chi connectivity index (χ4n) is 4.77. The molecule has 0 bridgehead atoms. The SMILES string of the molecule is CCOC(=O)Oc1ccc(C(=O)NCC2CCN(C(=O)C3CC(=O)N(Cc4ccccc4)C3)CC2)cc1. The lowest BCUT2D eigenvalue weighted by Gasteiger charge is -2.33. The fraction of sp³-hybridized carbons (Fsp3) is 0.429. The molecule has 0 saturated carbocycles. The van der Waals surface area contributed by atoms with Gasteiger partial charge in [-0.3, -0.25) is 14.4 Å². The largest absolute Gasteiger partial charge is 0.513 e. The average molecular weight is 508 g/mol. The van der Waals surface area contributed by atoms with Gasteiger partial charge in [-0.15, -0.1) is 0 Å². The number of piperidine rings is 1. The van der Waals surface area contributed by atoms with E-state index in [0.29, 0.717) is 44.0 Å². The smallest absolute Gasteiger partial charge is 0.434 e. The molecule has 2 heterocycles. The number of amides is 3. The second-order valence-corrected chi connectivity index (χ2v) is 9.45. The van der Waals surface area contributed by atoms with Gasteiger partial charge in [0.2, 0.25) is 11.8 Å². The Morgan fingerprint density at radius 3 is 2.38 bits per heavy atom. The molecule has 2 aliphatic rings. The molecule has 2 aromatic carbocycles. The molecule has 2 aromatic rings. The molecule has 3 amide bonds. The average Bonchev–Trinajstić information content (AvgIpc) is 3.28. The van der Waals surface area contributed by atoms with Crippen LogP contribution in [0.1, 0.15) is 42.1 Å². The van der Waals surface area contributed by atoms with E-state index < -0.39 is 6.16 Å². The normalized spacial score (nSPS) is 18.0. The Bertz CT molecular complexity index is 1100. The Labute approximate surface area is 216 Å². The Morgan fingerprint density at radius 2 is 1.70 bits per heavy atom. The molecular formula is C28H33N3O6. The number of hydrogen-bond donors (Lipinski definition) is 1. The van der Waals surface area contributed by atoms with E-state index in [1.54, 1.807) is 36.1 Å². The molecule has 196 valence electrons. The number of nitrogens with zero attached hydrogens (tertiary/aromatic N) is 2. The van der Waals surface area contributed by atoms with Crippen molar-refractivity contribution in [3.05, 3.63) is 65.7 Å². The minimum atomic E-state index is -0.784. The summed E-state index contributed by atoms with van der Waals surface area (Å²) in [5, 5.41) is 2.96. The van der Waals surface area contributed by atoms with Gasteiger partial charge >= 0.3 is 6.16 Å². The number of nitrogens with one attached hydrogen (secondary N) is 1. The van der Waals surface area contributed by atoms with Crippen LogP contribution in [0, 0.1) is 11.8 Å². The highest BCUT2D eigenvalue weighted by Crippen LogP contribution is 2.25. The fourth-order valence-corrected chi connectivity index (χ4v) is 4.77. The van der Waals surface area contributed by atoms with Gasteiger partial charge in [0.1, 0.15) is 5.75 Å². The molecule has 9 nitrogen and oxygen atoms in total. The maximum Gasteiger partial charge on any atom is 0.513 e. The van der Waals surface area contributed by atoms with E-state index >= 15 is 0 Å². The van der Waals surface area contributed by atoms with E-state index in [2.05, 4.69) is 5.32 Å². The lowest BCUT2D eigenvalue weighted by atomic mass is 9.95. The standard InChI is InChI=1S/C28H33N3O6/c1-2-36-28(35)37-24-10-8-22(9-11-24)26(33)29-17-20-12-14-30(15-13-20)27(34)23-16-25(32)31(19-23)18-21-6-4-3-5-7-21/h3-11,20,23H,2,12-19H2,1H3,(H,29,33). The topological polar surface area (TPSA) is 105 Å². The number of carbonyl (C=O) groups is 4. The Balaban J connectivity index is 1.18. The second-order valence-electron chi connectivity index (χ2n) is 9.45. The van der Waals surface area contributed by atoms with Gasteiger partial charge in [0.05, 0.1) is 12.5 Å². The molecule has 2 fully saturated rings. The second kappa shape index (κ2) is 12.4. The molecule has 0 spiro atoms. The highest BCUT2D eigenvalue weighted by Gasteiger charge is 2.37. The third kappa shape index (κ3) is 7.09. The molecule has 4 rings (SSSR count). The summed E-state index contributed by atoms with van der Waals surface area (Å²) in [5.74, 6) is 0.169. The first-order chi connectivity index (χ1) is 17.9. The number of carbonyl (C=O) groups excluding carboxylic acids is 4. The molecule has 0 radical (unpaired) electrons. The van der Waals surface area contributed by atoms with E-state index in [0.717, 1.165) is 18.4 Å². The van der Waals surface area contributed by atoms with Crippen molar-refractivity contribution in [1.29, 1.82) is 0 Å². The lowest BCUT2D eigenvalue weighted by molar-refractivity contribution is -0.137. The first-order valence-corrected chi connectivity index (χ1v) is 12.8. The Morgan fingerprint density at radius 1 is 1.00 bits per heavy atom. The zero-order chi connectivity index (χ0) is 26.2. The van der Waals surface area contributed by atoms with E-state index in [1.165, 1.54) is 0 Å². The summed E-state index contributed by atoms with van der Waals surface area (Å²) in [6, 6.07) is 16.1. The quantitative estimate of drug-likeness (QED) is 0.435. The van der Waals surface area contributed by atoms with Crippen molar-refractivity contribution in [2.45, 2.75) is 32.7 Å². The zero-order valence-electron chi connectivity index (χ0n) is 21.1. The van der Waals surface area contributed by atoms with Gasteiger partial charge in [0.15, 0.2) is 0 Å². The van der Waals surface area contributed by atoms with Gasteiger partial charge in [0.25, 0.3) is 5.91 Å². The summed E-state index contributed by atoms with van der Waals surface area (Å²) in [7, 11) is 0. The van der Waals surface area contributed by atoms with Gasteiger partial charge in [-0.1, -0.05) is 30.3 Å². The minimum absolute atomic E-state index is 0.0280. The highest BCUT2D eigenvalue weighted by atomic mass is 16.7. The lowest BCUT2D eigenvalue weighted by Crippen LogP contribution is -2.44. The van der Waals surface area contributed by atoms with E-state index in [1.807, 2.05) is 35.2 Å². The maximum atomic E-state index is 13.1. The van der Waals surface area contributed by atoms with Gasteiger partial charge in [-0.05, 0) is 55.5 Å². The Kier molecular flexibility index (Phi) is 8.77. The molecule has 1 N–H and O–H groups in total. The van der Waals surface area contributed by atoms with Crippen LogP contribution >= 0.6 is 0 Å². The summed E-state index contributed by atoms with van der Waals surface area (Å²) in [6.45, 7) is 4.69. The first kappa shape index (κ1) is 26.2. The van der Waals surface area contributed by atoms with Crippen LogP contribution < -0.4 is 10.1 Å². The first-order valence-electron chi connectivity index (χ1n) is 12.8. The molecule has 1 atom stereocenters. The van der Waals surface area contributed by atoms with Crippen LogP contribution in [0.3, 0.4) is 0 Å². The summed E-state index contributed by atoms with van der Waals surface area (Å²) in [5.41, 5.74) is 1.53. The van der Waals surface area contributed by atoms with Crippen LogP contribution in [0.5, 0.6) is 5.75 Å². The predicted octanol–water partition coefficient (Wildman–Crippen LogP) is 3.24. The highest BCUT2D eigenvalue weighted by molar-refractivity contribution is 5.94. The number of likely N-dealkylation sites (tertiary alicyclic amines) is 2. The molecule has 9 heteroatoms. The van der Waals surface area contributed by atoms with E-state index in [9.17, 15) is 19.2 Å². The van der Waals surface area contributed by atoms with Crippen LogP contribution in [0.4, 0.5) is 4.79 Å². The molecule has 37 heavy (non-hydrogen) atoms. The number of benzene rings is 2. The van der Waals surface area contributed by atoms with Gasteiger partial charge in [-0.25, -0.2) is 4.79 Å². The van der Waals surface area contributed by atoms with Crippen molar-refractivity contribution < 1.29 is 28.7 Å². The predicted molar refractivity (Wildman–Crippen MR) is 136 cm³/mol. The van der Waals surface area contributed by atoms with Crippen molar-refractivity contribution in [3.63, 3.8) is 0 Å². The summed E-state index contributed by atoms with van der Waals surface area (Å²) in [6.07, 6.45) is 1.08. The molecule has 2 aliphatic heterocycles. The minimum Gasteiger partial charge on any atom is -0.434 e. The number of ether oxygens (including phenoxy) is 2. The number of hydrogen-bond acceptors (Lipinski definition) is 6.